The van der Waals surface area contributed by atoms with E-state index in [2.05, 4.69) is 27.4 Å². The summed E-state index contributed by atoms with van der Waals surface area (Å²) in [5.41, 5.74) is 0. The number of nitrogens with zero attached hydrogens (tertiary/aromatic N) is 3. The molecule has 0 radical (unpaired) electrons. The van der Waals surface area contributed by atoms with Gasteiger partial charge in [0.15, 0.2) is 5.96 Å². The molecule has 0 atom stereocenters. The highest BCUT2D eigenvalue weighted by Crippen LogP contribution is 2.13. The fourth-order valence-corrected chi connectivity index (χ4v) is 3.84. The normalized spacial score (nSPS) is 15.7. The molecule has 1 aliphatic rings. The highest BCUT2D eigenvalue weighted by Gasteiger charge is 2.09. The third kappa shape index (κ3) is 7.26. The molecule has 28 heavy (non-hydrogen) atoms. The fraction of sp³-hybridized carbons (Fsp3) is 0.600. The van der Waals surface area contributed by atoms with Gasteiger partial charge in [0, 0.05) is 56.6 Å². The van der Waals surface area contributed by atoms with Crippen LogP contribution in [0.5, 0.6) is 0 Å². The van der Waals surface area contributed by atoms with Crippen LogP contribution in [0, 0.1) is 0 Å². The predicted octanol–water partition coefficient (Wildman–Crippen LogP) is 1.95. The molecule has 2 N–H and O–H groups in total. The number of furan rings is 1. The minimum absolute atomic E-state index is 0.771. The van der Waals surface area contributed by atoms with Gasteiger partial charge in [-0.3, -0.25) is 9.89 Å². The maximum atomic E-state index is 5.40. The van der Waals surface area contributed by atoms with Crippen LogP contribution in [-0.2, 0) is 24.0 Å². The van der Waals surface area contributed by atoms with E-state index >= 15 is 0 Å². The summed E-state index contributed by atoms with van der Waals surface area (Å²) in [6, 6.07) is 3.92. The molecule has 1 fully saturated rings. The first-order valence-corrected chi connectivity index (χ1v) is 10.9. The second-order valence-corrected chi connectivity index (χ2v) is 7.89. The zero-order valence-electron chi connectivity index (χ0n) is 16.7. The van der Waals surface area contributed by atoms with Crippen LogP contribution in [0.1, 0.15) is 22.6 Å². The van der Waals surface area contributed by atoms with E-state index in [1.807, 2.05) is 18.3 Å². The molecule has 1 saturated heterocycles. The van der Waals surface area contributed by atoms with Crippen molar-refractivity contribution in [2.45, 2.75) is 26.2 Å². The van der Waals surface area contributed by atoms with Crippen molar-refractivity contribution in [1.29, 1.82) is 0 Å². The largest absolute Gasteiger partial charge is 0.469 e. The van der Waals surface area contributed by atoms with Crippen LogP contribution < -0.4 is 10.6 Å². The first-order chi connectivity index (χ1) is 13.8. The molecule has 3 heterocycles. The Labute approximate surface area is 171 Å². The molecule has 2 aromatic heterocycles. The molecule has 0 aliphatic carbocycles. The lowest BCUT2D eigenvalue weighted by Crippen LogP contribution is -2.41. The Balaban J connectivity index is 1.44. The number of hydrogen-bond acceptors (Lipinski definition) is 6. The van der Waals surface area contributed by atoms with Gasteiger partial charge < -0.3 is 19.8 Å². The van der Waals surface area contributed by atoms with Crippen molar-refractivity contribution >= 4 is 17.3 Å². The molecule has 2 aromatic rings. The number of rotatable bonds is 10. The number of hydrogen-bond donors (Lipinski definition) is 2. The Kier molecular flexibility index (Phi) is 8.80. The third-order valence-corrected chi connectivity index (χ3v) is 5.82. The van der Waals surface area contributed by atoms with Crippen LogP contribution in [0.4, 0.5) is 0 Å². The van der Waals surface area contributed by atoms with Gasteiger partial charge in [-0.1, -0.05) is 6.92 Å². The lowest BCUT2D eigenvalue weighted by molar-refractivity contribution is 0.0394. The molecule has 8 heteroatoms. The van der Waals surface area contributed by atoms with Crippen LogP contribution in [0.25, 0.3) is 0 Å². The summed E-state index contributed by atoms with van der Waals surface area (Å²) in [4.78, 5) is 13.0. The van der Waals surface area contributed by atoms with E-state index in [0.717, 1.165) is 83.5 Å². The van der Waals surface area contributed by atoms with Gasteiger partial charge in [-0.05, 0) is 18.6 Å². The van der Waals surface area contributed by atoms with Crippen molar-refractivity contribution in [2.24, 2.45) is 4.99 Å². The number of aromatic nitrogens is 1. The Morgan fingerprint density at radius 3 is 2.79 bits per heavy atom. The Hall–Kier alpha value is -1.90. The molecule has 7 nitrogen and oxygen atoms in total. The number of ether oxygens (including phenoxy) is 1. The first kappa shape index (κ1) is 20.8. The van der Waals surface area contributed by atoms with Gasteiger partial charge in [0.2, 0.25) is 0 Å². The van der Waals surface area contributed by atoms with Crippen molar-refractivity contribution < 1.29 is 9.15 Å². The Morgan fingerprint density at radius 2 is 2.07 bits per heavy atom. The summed E-state index contributed by atoms with van der Waals surface area (Å²) in [6.07, 6.45) is 6.49. The second kappa shape index (κ2) is 11.8. The summed E-state index contributed by atoms with van der Waals surface area (Å²) >= 11 is 1.80. The quantitative estimate of drug-likeness (QED) is 0.465. The van der Waals surface area contributed by atoms with Crippen LogP contribution in [0.3, 0.4) is 0 Å². The van der Waals surface area contributed by atoms with Crippen molar-refractivity contribution in [1.82, 2.24) is 20.5 Å². The Morgan fingerprint density at radius 1 is 1.25 bits per heavy atom. The smallest absolute Gasteiger partial charge is 0.191 e. The fourth-order valence-electron chi connectivity index (χ4n) is 2.98. The van der Waals surface area contributed by atoms with Gasteiger partial charge in [0.25, 0.3) is 0 Å². The lowest BCUT2D eigenvalue weighted by Gasteiger charge is -2.25. The molecule has 0 bridgehead atoms. The minimum atomic E-state index is 0.771. The summed E-state index contributed by atoms with van der Waals surface area (Å²) in [5.74, 6) is 1.84. The first-order valence-electron chi connectivity index (χ1n) is 10.1. The van der Waals surface area contributed by atoms with Crippen LogP contribution in [-0.4, -0.2) is 68.3 Å². The van der Waals surface area contributed by atoms with Crippen molar-refractivity contribution in [3.05, 3.63) is 40.2 Å². The second-order valence-electron chi connectivity index (χ2n) is 6.69. The highest BCUT2D eigenvalue weighted by molar-refractivity contribution is 7.11. The maximum Gasteiger partial charge on any atom is 0.191 e. The van der Waals surface area contributed by atoms with Crippen molar-refractivity contribution in [3.63, 3.8) is 0 Å². The van der Waals surface area contributed by atoms with E-state index in [-0.39, 0.29) is 0 Å². The van der Waals surface area contributed by atoms with Crippen molar-refractivity contribution in [2.75, 3.05) is 52.5 Å². The zero-order chi connectivity index (χ0) is 19.4. The standard InChI is InChI=1S/C20H31N5O2S/c1-2-18-16-24-19(28-18)6-8-22-20(21-7-5-17-4-3-13-27-17)23-9-10-25-11-14-26-15-12-25/h3-4,13,16H,2,5-12,14-15H2,1H3,(H2,21,22,23). The molecule has 154 valence electrons. The van der Waals surface area contributed by atoms with Gasteiger partial charge in [0.05, 0.1) is 31.0 Å². The number of nitrogens with one attached hydrogen (secondary N) is 2. The number of thiazole rings is 1. The number of guanidine groups is 1. The molecular formula is C20H31N5O2S. The molecule has 0 amide bonds. The van der Waals surface area contributed by atoms with Gasteiger partial charge >= 0.3 is 0 Å². The van der Waals surface area contributed by atoms with Gasteiger partial charge in [-0.15, -0.1) is 11.3 Å². The minimum Gasteiger partial charge on any atom is -0.469 e. The van der Waals surface area contributed by atoms with Gasteiger partial charge in [0.1, 0.15) is 5.76 Å². The summed E-state index contributed by atoms with van der Waals surface area (Å²) in [6.45, 7) is 9.14. The SMILES string of the molecule is CCc1cnc(CCNC(=NCCN2CCOCC2)NCCc2ccco2)s1. The summed E-state index contributed by atoms with van der Waals surface area (Å²) in [7, 11) is 0. The van der Waals surface area contributed by atoms with E-state index < -0.39 is 0 Å². The van der Waals surface area contributed by atoms with Crippen LogP contribution in [0.15, 0.2) is 34.0 Å². The Bertz CT molecular complexity index is 695. The average Bonchev–Trinajstić information content (AvgIpc) is 3.40. The third-order valence-electron chi connectivity index (χ3n) is 4.62. The van der Waals surface area contributed by atoms with Crippen LogP contribution in [0.2, 0.25) is 0 Å². The molecule has 0 unspecified atom stereocenters. The lowest BCUT2D eigenvalue weighted by atomic mass is 10.3. The topological polar surface area (TPSA) is 74.9 Å². The maximum absolute atomic E-state index is 5.40. The van der Waals surface area contributed by atoms with E-state index in [1.54, 1.807) is 17.6 Å². The van der Waals surface area contributed by atoms with Gasteiger partial charge in [-0.25, -0.2) is 4.98 Å². The van der Waals surface area contributed by atoms with E-state index in [1.165, 1.54) is 9.88 Å². The number of aryl methyl sites for hydroxylation is 1. The molecule has 0 aromatic carbocycles. The molecule has 3 rings (SSSR count). The van der Waals surface area contributed by atoms with E-state index in [0.29, 0.717) is 0 Å². The predicted molar refractivity (Wildman–Crippen MR) is 113 cm³/mol. The molecule has 0 saturated carbocycles. The number of aliphatic imine (C=N–C) groups is 1. The van der Waals surface area contributed by atoms with Gasteiger partial charge in [-0.2, -0.15) is 0 Å². The monoisotopic (exact) mass is 405 g/mol. The van der Waals surface area contributed by atoms with Crippen LogP contribution >= 0.6 is 11.3 Å². The zero-order valence-corrected chi connectivity index (χ0v) is 17.5. The average molecular weight is 406 g/mol. The van der Waals surface area contributed by atoms with E-state index in [9.17, 15) is 0 Å². The molecule has 1 aliphatic heterocycles. The number of morpholine rings is 1. The van der Waals surface area contributed by atoms with Crippen molar-refractivity contribution in [3.8, 4) is 0 Å². The summed E-state index contributed by atoms with van der Waals surface area (Å²) in [5, 5.41) is 8.04. The molecular weight excluding hydrogens is 374 g/mol. The molecule has 0 spiro atoms. The highest BCUT2D eigenvalue weighted by atomic mass is 32.1. The van der Waals surface area contributed by atoms with E-state index in [4.69, 9.17) is 14.1 Å². The summed E-state index contributed by atoms with van der Waals surface area (Å²) < 4.78 is 10.8.